The molecule has 0 amide bonds. The number of nitrogen functional groups attached to an aromatic ring is 1. The van der Waals surface area contributed by atoms with Gasteiger partial charge in [0, 0.05) is 17.1 Å². The van der Waals surface area contributed by atoms with Crippen molar-refractivity contribution in [1.29, 1.82) is 0 Å². The van der Waals surface area contributed by atoms with Gasteiger partial charge < -0.3 is 11.1 Å². The lowest BCUT2D eigenvalue weighted by Gasteiger charge is -2.33. The van der Waals surface area contributed by atoms with Gasteiger partial charge >= 0.3 is 0 Å². The van der Waals surface area contributed by atoms with Gasteiger partial charge in [-0.2, -0.15) is 0 Å². The van der Waals surface area contributed by atoms with Crippen LogP contribution < -0.4 is 11.1 Å². The van der Waals surface area contributed by atoms with Crippen molar-refractivity contribution in [3.8, 4) is 0 Å². The average molecular weight is 228 g/mol. The molecule has 1 saturated carbocycles. The highest BCUT2D eigenvalue weighted by Gasteiger charge is 2.25. The van der Waals surface area contributed by atoms with E-state index in [1.165, 1.54) is 12.8 Å². The molecule has 0 atom stereocenters. The molecule has 3 N–H and O–H groups in total. The molecule has 88 valence electrons. The number of nitrogens with two attached hydrogens (primary N) is 1. The molecule has 0 radical (unpaired) electrons. The minimum absolute atomic E-state index is 0.556. The average Bonchev–Trinajstić information content (AvgIpc) is 2.27. The first-order valence-electron chi connectivity index (χ1n) is 5.99. The molecule has 0 unspecified atom stereocenters. The zero-order valence-electron chi connectivity index (χ0n) is 9.85. The Morgan fingerprint density at radius 3 is 2.88 bits per heavy atom. The molecular weight excluding hydrogens is 212 g/mol. The second-order valence-electron chi connectivity index (χ2n) is 4.92. The Morgan fingerprint density at radius 1 is 1.29 bits per heavy atom. The first-order valence-corrected chi connectivity index (χ1v) is 5.99. The maximum atomic E-state index is 5.75. The van der Waals surface area contributed by atoms with E-state index in [0.717, 1.165) is 28.3 Å². The van der Waals surface area contributed by atoms with Crippen LogP contribution in [-0.2, 0) is 0 Å². The van der Waals surface area contributed by atoms with Crippen LogP contribution in [0.25, 0.3) is 10.9 Å². The fourth-order valence-electron chi connectivity index (χ4n) is 2.40. The van der Waals surface area contributed by atoms with Crippen LogP contribution in [0.5, 0.6) is 0 Å². The summed E-state index contributed by atoms with van der Waals surface area (Å²) in [6, 6.07) is 6.31. The van der Waals surface area contributed by atoms with Crippen LogP contribution in [0.1, 0.15) is 19.8 Å². The van der Waals surface area contributed by atoms with Crippen LogP contribution in [0.15, 0.2) is 24.5 Å². The lowest BCUT2D eigenvalue weighted by atomic mass is 9.82. The number of hydrogen-bond donors (Lipinski definition) is 2. The number of rotatable bonds is 2. The van der Waals surface area contributed by atoms with Crippen LogP contribution in [-0.4, -0.2) is 16.0 Å². The number of nitrogens with zero attached hydrogens (tertiary/aromatic N) is 2. The van der Waals surface area contributed by atoms with E-state index in [2.05, 4.69) is 22.2 Å². The third-order valence-electron chi connectivity index (χ3n) is 3.38. The number of benzene rings is 1. The first-order chi connectivity index (χ1) is 8.22. The van der Waals surface area contributed by atoms with Gasteiger partial charge in [0.15, 0.2) is 0 Å². The summed E-state index contributed by atoms with van der Waals surface area (Å²) in [7, 11) is 0. The summed E-state index contributed by atoms with van der Waals surface area (Å²) in [5.41, 5.74) is 7.38. The summed E-state index contributed by atoms with van der Waals surface area (Å²) < 4.78 is 0. The molecule has 1 aliphatic carbocycles. The number of hydrogen-bond acceptors (Lipinski definition) is 4. The van der Waals surface area contributed by atoms with Gasteiger partial charge in [0.1, 0.15) is 12.1 Å². The summed E-state index contributed by atoms with van der Waals surface area (Å²) in [6.45, 7) is 2.27. The Hall–Kier alpha value is -1.84. The van der Waals surface area contributed by atoms with Crippen LogP contribution in [0.3, 0.4) is 0 Å². The molecule has 0 bridgehead atoms. The molecule has 4 nitrogen and oxygen atoms in total. The summed E-state index contributed by atoms with van der Waals surface area (Å²) in [6.07, 6.45) is 4.03. The van der Waals surface area contributed by atoms with Gasteiger partial charge in [-0.15, -0.1) is 0 Å². The van der Waals surface area contributed by atoms with Crippen LogP contribution in [0, 0.1) is 5.92 Å². The van der Waals surface area contributed by atoms with Crippen molar-refractivity contribution in [2.45, 2.75) is 25.8 Å². The molecular formula is C13H16N4. The highest BCUT2D eigenvalue weighted by molar-refractivity contribution is 5.90. The van der Waals surface area contributed by atoms with Gasteiger partial charge in [0.2, 0.25) is 0 Å². The number of anilines is 2. The van der Waals surface area contributed by atoms with Crippen molar-refractivity contribution in [2.75, 3.05) is 11.1 Å². The molecule has 17 heavy (non-hydrogen) atoms. The zero-order chi connectivity index (χ0) is 11.8. The monoisotopic (exact) mass is 228 g/mol. The Kier molecular flexibility index (Phi) is 2.35. The normalized spacial score (nSPS) is 23.4. The Balaban J connectivity index is 1.93. The van der Waals surface area contributed by atoms with Gasteiger partial charge in [-0.05, 0) is 37.0 Å². The largest absolute Gasteiger partial charge is 0.399 e. The van der Waals surface area contributed by atoms with Crippen molar-refractivity contribution in [3.63, 3.8) is 0 Å². The Labute approximate surface area is 100 Å². The van der Waals surface area contributed by atoms with Crippen LogP contribution >= 0.6 is 0 Å². The second-order valence-corrected chi connectivity index (χ2v) is 4.92. The van der Waals surface area contributed by atoms with E-state index in [1.54, 1.807) is 6.33 Å². The SMILES string of the molecule is CC1CC(Nc2ncnc3cc(N)ccc23)C1. The van der Waals surface area contributed by atoms with Crippen LogP contribution in [0.4, 0.5) is 11.5 Å². The quantitative estimate of drug-likeness (QED) is 0.775. The molecule has 0 saturated heterocycles. The lowest BCUT2D eigenvalue weighted by Crippen LogP contribution is -2.34. The van der Waals surface area contributed by atoms with Crippen LogP contribution in [0.2, 0.25) is 0 Å². The zero-order valence-corrected chi connectivity index (χ0v) is 9.85. The fraction of sp³-hybridized carbons (Fsp3) is 0.385. The minimum Gasteiger partial charge on any atom is -0.399 e. The van der Waals surface area contributed by atoms with E-state index >= 15 is 0 Å². The van der Waals surface area contributed by atoms with Gasteiger partial charge in [-0.1, -0.05) is 6.92 Å². The maximum Gasteiger partial charge on any atom is 0.137 e. The second kappa shape index (κ2) is 3.87. The van der Waals surface area contributed by atoms with Gasteiger partial charge in [0.25, 0.3) is 0 Å². The van der Waals surface area contributed by atoms with Crippen molar-refractivity contribution in [1.82, 2.24) is 9.97 Å². The molecule has 1 aromatic heterocycles. The molecule has 0 spiro atoms. The molecule has 1 aliphatic rings. The predicted octanol–water partition coefficient (Wildman–Crippen LogP) is 2.42. The molecule has 4 heteroatoms. The van der Waals surface area contributed by atoms with Crippen molar-refractivity contribution < 1.29 is 0 Å². The minimum atomic E-state index is 0.556. The summed E-state index contributed by atoms with van der Waals surface area (Å²) >= 11 is 0. The topological polar surface area (TPSA) is 63.8 Å². The number of fused-ring (bicyclic) bond motifs is 1. The number of nitrogens with one attached hydrogen (secondary N) is 1. The van der Waals surface area contributed by atoms with E-state index in [4.69, 9.17) is 5.73 Å². The Morgan fingerprint density at radius 2 is 2.12 bits per heavy atom. The molecule has 0 aliphatic heterocycles. The third-order valence-corrected chi connectivity index (χ3v) is 3.38. The standard InChI is InChI=1S/C13H16N4/c1-8-4-10(5-8)17-13-11-3-2-9(14)6-12(11)15-7-16-13/h2-3,6-8,10H,4-5,14H2,1H3,(H,15,16,17). The van der Waals surface area contributed by atoms with Gasteiger partial charge in [-0.25, -0.2) is 9.97 Å². The summed E-state index contributed by atoms with van der Waals surface area (Å²) in [5, 5.41) is 4.52. The van der Waals surface area contributed by atoms with E-state index in [1.807, 2.05) is 18.2 Å². The molecule has 1 heterocycles. The van der Waals surface area contributed by atoms with Crippen molar-refractivity contribution in [3.05, 3.63) is 24.5 Å². The van der Waals surface area contributed by atoms with Gasteiger partial charge in [-0.3, -0.25) is 0 Å². The van der Waals surface area contributed by atoms with Gasteiger partial charge in [0.05, 0.1) is 5.52 Å². The highest BCUT2D eigenvalue weighted by Crippen LogP contribution is 2.30. The van der Waals surface area contributed by atoms with Crippen molar-refractivity contribution in [2.24, 2.45) is 5.92 Å². The Bertz CT molecular complexity index is 546. The lowest BCUT2D eigenvalue weighted by molar-refractivity contribution is 0.309. The number of aromatic nitrogens is 2. The molecule has 1 aromatic carbocycles. The smallest absolute Gasteiger partial charge is 0.137 e. The van der Waals surface area contributed by atoms with Crippen molar-refractivity contribution >= 4 is 22.4 Å². The first kappa shape index (κ1) is 10.3. The van der Waals surface area contributed by atoms with E-state index in [-0.39, 0.29) is 0 Å². The molecule has 3 rings (SSSR count). The molecule has 1 fully saturated rings. The third kappa shape index (κ3) is 1.90. The van der Waals surface area contributed by atoms with E-state index < -0.39 is 0 Å². The van der Waals surface area contributed by atoms with E-state index in [0.29, 0.717) is 6.04 Å². The summed E-state index contributed by atoms with van der Waals surface area (Å²) in [5.74, 6) is 1.75. The summed E-state index contributed by atoms with van der Waals surface area (Å²) in [4.78, 5) is 8.56. The molecule has 2 aromatic rings. The maximum absolute atomic E-state index is 5.75. The predicted molar refractivity (Wildman–Crippen MR) is 69.8 cm³/mol. The highest BCUT2D eigenvalue weighted by atomic mass is 15.0. The van der Waals surface area contributed by atoms with E-state index in [9.17, 15) is 0 Å². The fourth-order valence-corrected chi connectivity index (χ4v) is 2.40.